The highest BCUT2D eigenvalue weighted by Crippen LogP contribution is 2.38. The molecule has 142 valence electrons. The van der Waals surface area contributed by atoms with Gasteiger partial charge in [-0.25, -0.2) is 0 Å². The topological polar surface area (TPSA) is 24.5 Å². The van der Waals surface area contributed by atoms with Crippen LogP contribution in [0.1, 0.15) is 52.4 Å². The zero-order chi connectivity index (χ0) is 16.0. The minimum Gasteiger partial charge on any atom is -0.489 e. The maximum absolute atomic E-state index is 6.50. The molecule has 0 aromatic heterocycles. The van der Waals surface area contributed by atoms with Gasteiger partial charge in [0.25, 0.3) is 0 Å². The first-order valence-electron chi connectivity index (χ1n) is 9.02. The zero-order valence-corrected chi connectivity index (χ0v) is 17.4. The Hall–Kier alpha value is -0.350. The molecular weight excluding hydrogens is 379 g/mol. The molecule has 1 heterocycles. The average Bonchev–Trinajstić information content (AvgIpc) is 3.31. The molecule has 3 nitrogen and oxygen atoms in total. The van der Waals surface area contributed by atoms with Gasteiger partial charge in [-0.05, 0) is 57.7 Å². The van der Waals surface area contributed by atoms with E-state index in [1.54, 1.807) is 0 Å². The fraction of sp³-hybridized carbons (Fsp3) is 0.684. The summed E-state index contributed by atoms with van der Waals surface area (Å²) in [7, 11) is 0. The van der Waals surface area contributed by atoms with Crippen molar-refractivity contribution in [3.05, 3.63) is 23.2 Å². The Kier molecular flexibility index (Phi) is 6.81. The minimum absolute atomic E-state index is 0. The number of nitrogens with zero attached hydrogens (tertiary/aromatic N) is 1. The van der Waals surface area contributed by atoms with Crippen LogP contribution in [-0.4, -0.2) is 30.3 Å². The summed E-state index contributed by atoms with van der Waals surface area (Å²) >= 11 is 6.50. The Bertz CT molecular complexity index is 592. The van der Waals surface area contributed by atoms with Gasteiger partial charge in [-0.15, -0.1) is 24.8 Å². The van der Waals surface area contributed by atoms with Crippen LogP contribution in [-0.2, 0) is 0 Å². The number of fused-ring (bicyclic) bond motifs is 1. The van der Waals surface area contributed by atoms with E-state index in [1.807, 2.05) is 0 Å². The second kappa shape index (κ2) is 8.12. The molecule has 1 saturated heterocycles. The molecule has 0 bridgehead atoms. The highest BCUT2D eigenvalue weighted by molar-refractivity contribution is 6.32. The predicted molar refractivity (Wildman–Crippen MR) is 110 cm³/mol. The summed E-state index contributed by atoms with van der Waals surface area (Å²) in [4.78, 5) is 2.58. The molecule has 6 heteroatoms. The van der Waals surface area contributed by atoms with Crippen molar-refractivity contribution in [2.75, 3.05) is 11.4 Å². The van der Waals surface area contributed by atoms with Gasteiger partial charge in [0.1, 0.15) is 5.75 Å². The van der Waals surface area contributed by atoms with Crippen molar-refractivity contribution < 1.29 is 4.74 Å². The molecule has 1 aliphatic heterocycles. The minimum atomic E-state index is 0. The summed E-state index contributed by atoms with van der Waals surface area (Å²) in [5.74, 6) is 0.840. The number of ether oxygens (including phenoxy) is 1. The van der Waals surface area contributed by atoms with Crippen molar-refractivity contribution in [3.8, 4) is 5.75 Å². The van der Waals surface area contributed by atoms with E-state index >= 15 is 0 Å². The molecule has 3 aliphatic rings. The second-order valence-corrected chi connectivity index (χ2v) is 8.45. The van der Waals surface area contributed by atoms with Crippen LogP contribution in [0.4, 0.5) is 5.69 Å². The van der Waals surface area contributed by atoms with Gasteiger partial charge in [0.15, 0.2) is 0 Å². The molecule has 1 aromatic rings. The zero-order valence-electron chi connectivity index (χ0n) is 15.0. The highest BCUT2D eigenvalue weighted by Gasteiger charge is 2.40. The van der Waals surface area contributed by atoms with Crippen LogP contribution in [0.2, 0.25) is 5.02 Å². The molecule has 0 spiro atoms. The summed E-state index contributed by atoms with van der Waals surface area (Å²) in [5, 5.41) is 4.60. The van der Waals surface area contributed by atoms with E-state index in [0.717, 1.165) is 30.2 Å². The number of halogens is 3. The summed E-state index contributed by atoms with van der Waals surface area (Å²) in [6, 6.07) is 7.53. The van der Waals surface area contributed by atoms with E-state index in [1.165, 1.54) is 31.4 Å². The normalized spacial score (nSPS) is 27.6. The summed E-state index contributed by atoms with van der Waals surface area (Å²) in [5.41, 5.74) is 1.37. The molecule has 25 heavy (non-hydrogen) atoms. The molecule has 4 rings (SSSR count). The first kappa shape index (κ1) is 21.0. The molecule has 3 fully saturated rings. The first-order chi connectivity index (χ1) is 11.0. The molecule has 0 radical (unpaired) electrons. The van der Waals surface area contributed by atoms with Crippen LogP contribution in [0.5, 0.6) is 5.75 Å². The second-order valence-electron chi connectivity index (χ2n) is 8.05. The number of piperazine rings is 1. The number of hydrogen-bond donors (Lipinski definition) is 1. The fourth-order valence-corrected chi connectivity index (χ4v) is 4.37. The van der Waals surface area contributed by atoms with Crippen molar-refractivity contribution in [1.29, 1.82) is 0 Å². The number of hydrogen-bond acceptors (Lipinski definition) is 3. The van der Waals surface area contributed by atoms with E-state index in [-0.39, 0.29) is 30.4 Å². The van der Waals surface area contributed by atoms with Crippen molar-refractivity contribution in [2.45, 2.75) is 76.1 Å². The number of benzene rings is 1. The van der Waals surface area contributed by atoms with Crippen LogP contribution in [0.25, 0.3) is 0 Å². The van der Waals surface area contributed by atoms with Crippen LogP contribution in [0.15, 0.2) is 18.2 Å². The largest absolute Gasteiger partial charge is 0.489 e. The first-order valence-corrected chi connectivity index (χ1v) is 9.40. The Labute approximate surface area is 168 Å². The SMILES string of the molecule is CC1(C)CN(c2ccc(OC3CC3)c(Cl)c2)[C@H]2CCCC[C@@H]2N1.Cl.Cl. The van der Waals surface area contributed by atoms with Crippen LogP contribution in [0, 0.1) is 0 Å². The fourth-order valence-electron chi connectivity index (χ4n) is 4.16. The van der Waals surface area contributed by atoms with Gasteiger partial charge in [0, 0.05) is 29.9 Å². The quantitative estimate of drug-likeness (QED) is 0.743. The lowest BCUT2D eigenvalue weighted by atomic mass is 9.83. The van der Waals surface area contributed by atoms with E-state index in [9.17, 15) is 0 Å². The maximum atomic E-state index is 6.50. The van der Waals surface area contributed by atoms with Gasteiger partial charge in [-0.2, -0.15) is 0 Å². The van der Waals surface area contributed by atoms with Crippen LogP contribution >= 0.6 is 36.4 Å². The lowest BCUT2D eigenvalue weighted by molar-refractivity contribution is 0.199. The van der Waals surface area contributed by atoms with Crippen molar-refractivity contribution in [2.24, 2.45) is 0 Å². The van der Waals surface area contributed by atoms with E-state index in [4.69, 9.17) is 16.3 Å². The van der Waals surface area contributed by atoms with E-state index < -0.39 is 0 Å². The molecule has 0 amide bonds. The van der Waals surface area contributed by atoms with Crippen molar-refractivity contribution in [1.82, 2.24) is 5.32 Å². The summed E-state index contributed by atoms with van der Waals surface area (Å²) in [6.45, 7) is 5.63. The van der Waals surface area contributed by atoms with Crippen molar-refractivity contribution >= 4 is 42.1 Å². The van der Waals surface area contributed by atoms with Gasteiger partial charge < -0.3 is 15.0 Å². The standard InChI is InChI=1S/C19H27ClN2O.2ClH/c1-19(2)12-22(17-6-4-3-5-16(17)21-19)13-7-10-18(15(20)11-13)23-14-8-9-14;;/h7,10-11,14,16-17,21H,3-6,8-9,12H2,1-2H3;2*1H/t16-,17-;;/m0../s1. The Morgan fingerprint density at radius 3 is 2.52 bits per heavy atom. The van der Waals surface area contributed by atoms with Gasteiger partial charge in [-0.3, -0.25) is 0 Å². The summed E-state index contributed by atoms with van der Waals surface area (Å²) in [6.07, 6.45) is 7.93. The number of anilines is 1. The molecule has 2 saturated carbocycles. The lowest BCUT2D eigenvalue weighted by Gasteiger charge is -2.52. The molecular formula is C19H29Cl3N2O. The maximum Gasteiger partial charge on any atom is 0.138 e. The third-order valence-electron chi connectivity index (χ3n) is 5.34. The number of rotatable bonds is 3. The third kappa shape index (κ3) is 4.68. The average molecular weight is 408 g/mol. The molecule has 1 N–H and O–H groups in total. The Morgan fingerprint density at radius 1 is 1.12 bits per heavy atom. The summed E-state index contributed by atoms with van der Waals surface area (Å²) < 4.78 is 5.88. The smallest absolute Gasteiger partial charge is 0.138 e. The molecule has 2 aliphatic carbocycles. The van der Waals surface area contributed by atoms with Crippen molar-refractivity contribution in [3.63, 3.8) is 0 Å². The van der Waals surface area contributed by atoms with Gasteiger partial charge in [0.05, 0.1) is 11.1 Å². The predicted octanol–water partition coefficient (Wildman–Crippen LogP) is 5.22. The Balaban J connectivity index is 0.00000113. The van der Waals surface area contributed by atoms with Gasteiger partial charge in [-0.1, -0.05) is 24.4 Å². The Morgan fingerprint density at radius 2 is 1.84 bits per heavy atom. The van der Waals surface area contributed by atoms with Crippen LogP contribution < -0.4 is 15.0 Å². The van der Waals surface area contributed by atoms with Crippen LogP contribution in [0.3, 0.4) is 0 Å². The third-order valence-corrected chi connectivity index (χ3v) is 5.63. The molecule has 2 atom stereocenters. The van der Waals surface area contributed by atoms with E-state index in [2.05, 4.69) is 42.3 Å². The van der Waals surface area contributed by atoms with Gasteiger partial charge in [0.2, 0.25) is 0 Å². The van der Waals surface area contributed by atoms with E-state index in [0.29, 0.717) is 18.2 Å². The monoisotopic (exact) mass is 406 g/mol. The highest BCUT2D eigenvalue weighted by atomic mass is 35.5. The number of nitrogens with one attached hydrogen (secondary N) is 1. The molecule has 1 aromatic carbocycles. The van der Waals surface area contributed by atoms with Gasteiger partial charge >= 0.3 is 0 Å². The molecule has 0 unspecified atom stereocenters. The lowest BCUT2D eigenvalue weighted by Crippen LogP contribution is -2.67.